The van der Waals surface area contributed by atoms with E-state index >= 15 is 0 Å². The van der Waals surface area contributed by atoms with Gasteiger partial charge in [-0.25, -0.2) is 0 Å². The van der Waals surface area contributed by atoms with Crippen LogP contribution in [0.2, 0.25) is 10.0 Å². The standard InChI is InChI=1S/C17H14Br2Cl2N2O4/c1-9-2-3-14(11(18)4-9)26-7-15(24)22-23-16(25)8-27-17-12(19)5-10(20)6-13(17)21/h2-6H,7-8H2,1H3,(H,22,24)(H,23,25). The summed E-state index contributed by atoms with van der Waals surface area (Å²) in [6.07, 6.45) is 0. The Morgan fingerprint density at radius 3 is 2.19 bits per heavy atom. The van der Waals surface area contributed by atoms with Gasteiger partial charge in [-0.05, 0) is 68.6 Å². The van der Waals surface area contributed by atoms with Gasteiger partial charge in [0.25, 0.3) is 11.8 Å². The Morgan fingerprint density at radius 1 is 0.963 bits per heavy atom. The maximum atomic E-state index is 11.8. The highest BCUT2D eigenvalue weighted by Gasteiger charge is 2.12. The number of hydrazine groups is 1. The van der Waals surface area contributed by atoms with Gasteiger partial charge in [0.15, 0.2) is 19.0 Å². The Labute approximate surface area is 182 Å². The summed E-state index contributed by atoms with van der Waals surface area (Å²) in [6.45, 7) is 1.32. The molecule has 0 bridgehead atoms. The average Bonchev–Trinajstić information content (AvgIpc) is 2.58. The van der Waals surface area contributed by atoms with E-state index in [-0.39, 0.29) is 24.0 Å². The van der Waals surface area contributed by atoms with Crippen LogP contribution in [-0.4, -0.2) is 25.0 Å². The molecule has 0 heterocycles. The molecule has 27 heavy (non-hydrogen) atoms. The van der Waals surface area contributed by atoms with E-state index < -0.39 is 11.8 Å². The first kappa shape index (κ1) is 21.8. The average molecular weight is 541 g/mol. The summed E-state index contributed by atoms with van der Waals surface area (Å²) in [5, 5.41) is 0.680. The van der Waals surface area contributed by atoms with E-state index in [1.165, 1.54) is 6.07 Å². The van der Waals surface area contributed by atoms with Crippen LogP contribution in [0.25, 0.3) is 0 Å². The van der Waals surface area contributed by atoms with Crippen molar-refractivity contribution in [3.05, 3.63) is 54.9 Å². The molecular formula is C17H14Br2Cl2N2O4. The molecule has 0 atom stereocenters. The summed E-state index contributed by atoms with van der Waals surface area (Å²) in [7, 11) is 0. The molecule has 0 aliphatic rings. The monoisotopic (exact) mass is 538 g/mol. The number of hydrogen-bond donors (Lipinski definition) is 2. The number of carbonyl (C=O) groups is 2. The smallest absolute Gasteiger partial charge is 0.276 e. The lowest BCUT2D eigenvalue weighted by atomic mass is 10.2. The minimum Gasteiger partial charge on any atom is -0.483 e. The lowest BCUT2D eigenvalue weighted by Crippen LogP contribution is -2.45. The van der Waals surface area contributed by atoms with E-state index in [2.05, 4.69) is 42.7 Å². The van der Waals surface area contributed by atoms with Crippen LogP contribution in [0, 0.1) is 6.92 Å². The number of benzene rings is 2. The minimum absolute atomic E-state index is 0.253. The predicted molar refractivity (Wildman–Crippen MR) is 110 cm³/mol. The number of carbonyl (C=O) groups excluding carboxylic acids is 2. The zero-order chi connectivity index (χ0) is 20.0. The van der Waals surface area contributed by atoms with Gasteiger partial charge in [-0.15, -0.1) is 0 Å². The number of nitrogens with one attached hydrogen (secondary N) is 2. The van der Waals surface area contributed by atoms with Crippen molar-refractivity contribution in [1.29, 1.82) is 0 Å². The van der Waals surface area contributed by atoms with Crippen molar-refractivity contribution in [3.63, 3.8) is 0 Å². The van der Waals surface area contributed by atoms with Crippen LogP contribution < -0.4 is 20.3 Å². The SMILES string of the molecule is Cc1ccc(OCC(=O)NNC(=O)COc2c(Cl)cc(Cl)cc2Br)c(Br)c1. The Hall–Kier alpha value is -1.48. The van der Waals surface area contributed by atoms with Crippen molar-refractivity contribution < 1.29 is 19.1 Å². The molecule has 0 saturated heterocycles. The first-order valence-corrected chi connectivity index (χ1v) is 9.84. The molecule has 0 aliphatic heterocycles. The first-order chi connectivity index (χ1) is 12.8. The molecule has 0 fully saturated rings. The first-order valence-electron chi connectivity index (χ1n) is 7.50. The molecule has 0 spiro atoms. The molecule has 10 heteroatoms. The van der Waals surface area contributed by atoms with Gasteiger partial charge in [0.05, 0.1) is 14.0 Å². The zero-order valence-electron chi connectivity index (χ0n) is 13.9. The number of hydrogen-bond acceptors (Lipinski definition) is 4. The van der Waals surface area contributed by atoms with Crippen LogP contribution in [0.1, 0.15) is 5.56 Å². The van der Waals surface area contributed by atoms with E-state index in [0.717, 1.165) is 10.0 Å². The van der Waals surface area contributed by atoms with Crippen molar-refractivity contribution in [2.24, 2.45) is 0 Å². The molecule has 2 rings (SSSR count). The van der Waals surface area contributed by atoms with Gasteiger partial charge >= 0.3 is 0 Å². The largest absolute Gasteiger partial charge is 0.483 e. The number of aryl methyl sites for hydroxylation is 1. The second kappa shape index (κ2) is 10.2. The summed E-state index contributed by atoms with van der Waals surface area (Å²) < 4.78 is 12.0. The van der Waals surface area contributed by atoms with E-state index in [1.807, 2.05) is 19.1 Å². The maximum absolute atomic E-state index is 11.8. The van der Waals surface area contributed by atoms with Gasteiger partial charge in [0.2, 0.25) is 0 Å². The quantitative estimate of drug-likeness (QED) is 0.531. The molecular weight excluding hydrogens is 527 g/mol. The highest BCUT2D eigenvalue weighted by molar-refractivity contribution is 9.10. The van der Waals surface area contributed by atoms with Crippen LogP contribution in [-0.2, 0) is 9.59 Å². The second-order valence-electron chi connectivity index (χ2n) is 5.31. The van der Waals surface area contributed by atoms with Gasteiger partial charge in [-0.2, -0.15) is 0 Å². The minimum atomic E-state index is -0.571. The Morgan fingerprint density at radius 2 is 1.59 bits per heavy atom. The van der Waals surface area contributed by atoms with E-state index in [1.54, 1.807) is 12.1 Å². The number of amides is 2. The van der Waals surface area contributed by atoms with Gasteiger partial charge in [-0.1, -0.05) is 29.3 Å². The number of rotatable bonds is 6. The molecule has 6 nitrogen and oxygen atoms in total. The van der Waals surface area contributed by atoms with E-state index in [9.17, 15) is 9.59 Å². The van der Waals surface area contributed by atoms with Gasteiger partial charge < -0.3 is 9.47 Å². The lowest BCUT2D eigenvalue weighted by Gasteiger charge is -2.12. The van der Waals surface area contributed by atoms with E-state index in [0.29, 0.717) is 15.2 Å². The number of ether oxygens (including phenoxy) is 2. The fraction of sp³-hybridized carbons (Fsp3) is 0.176. The van der Waals surface area contributed by atoms with Gasteiger partial charge in [0, 0.05) is 5.02 Å². The summed E-state index contributed by atoms with van der Waals surface area (Å²) in [6, 6.07) is 8.54. The molecule has 2 aromatic carbocycles. The Kier molecular flexibility index (Phi) is 8.22. The zero-order valence-corrected chi connectivity index (χ0v) is 18.6. The van der Waals surface area contributed by atoms with Gasteiger partial charge in [0.1, 0.15) is 5.75 Å². The highest BCUT2D eigenvalue weighted by atomic mass is 79.9. The molecule has 144 valence electrons. The molecule has 0 radical (unpaired) electrons. The van der Waals surface area contributed by atoms with Gasteiger partial charge in [-0.3, -0.25) is 20.4 Å². The molecule has 2 amide bonds. The fourth-order valence-corrected chi connectivity index (χ4v) is 3.86. The molecule has 2 N–H and O–H groups in total. The molecule has 2 aromatic rings. The summed E-state index contributed by atoms with van der Waals surface area (Å²) in [5.74, 6) is -0.304. The van der Waals surface area contributed by atoms with Crippen molar-refractivity contribution in [1.82, 2.24) is 10.9 Å². The second-order valence-corrected chi connectivity index (χ2v) is 7.86. The van der Waals surface area contributed by atoms with Crippen LogP contribution in [0.3, 0.4) is 0 Å². The Bertz CT molecular complexity index is 842. The molecule has 0 unspecified atom stereocenters. The van der Waals surface area contributed by atoms with Crippen molar-refractivity contribution >= 4 is 66.9 Å². The third-order valence-corrected chi connectivity index (χ3v) is 4.81. The third kappa shape index (κ3) is 6.88. The third-order valence-electron chi connectivity index (χ3n) is 3.10. The van der Waals surface area contributed by atoms with E-state index in [4.69, 9.17) is 32.7 Å². The summed E-state index contributed by atoms with van der Waals surface area (Å²) in [4.78, 5) is 23.6. The van der Waals surface area contributed by atoms with Crippen molar-refractivity contribution in [2.75, 3.05) is 13.2 Å². The van der Waals surface area contributed by atoms with Crippen molar-refractivity contribution in [2.45, 2.75) is 6.92 Å². The topological polar surface area (TPSA) is 76.7 Å². The predicted octanol–water partition coefficient (Wildman–Crippen LogP) is 4.43. The number of halogens is 4. The van der Waals surface area contributed by atoms with Crippen LogP contribution in [0.5, 0.6) is 11.5 Å². The summed E-state index contributed by atoms with van der Waals surface area (Å²) >= 11 is 18.5. The normalized spacial score (nSPS) is 10.3. The maximum Gasteiger partial charge on any atom is 0.276 e. The van der Waals surface area contributed by atoms with Crippen LogP contribution >= 0.6 is 55.1 Å². The highest BCUT2D eigenvalue weighted by Crippen LogP contribution is 2.35. The molecule has 0 aromatic heterocycles. The molecule has 0 saturated carbocycles. The Balaban J connectivity index is 1.76. The van der Waals surface area contributed by atoms with Crippen molar-refractivity contribution in [3.8, 4) is 11.5 Å². The lowest BCUT2D eigenvalue weighted by molar-refractivity contribution is -0.131. The fourth-order valence-electron chi connectivity index (χ4n) is 1.88. The molecule has 0 aliphatic carbocycles. The van der Waals surface area contributed by atoms with Crippen LogP contribution in [0.4, 0.5) is 0 Å². The van der Waals surface area contributed by atoms with Crippen LogP contribution in [0.15, 0.2) is 39.3 Å². The summed E-state index contributed by atoms with van der Waals surface area (Å²) in [5.41, 5.74) is 5.51.